The van der Waals surface area contributed by atoms with Gasteiger partial charge in [0.1, 0.15) is 0 Å². The van der Waals surface area contributed by atoms with E-state index in [0.29, 0.717) is 6.61 Å². The van der Waals surface area contributed by atoms with Crippen molar-refractivity contribution in [3.8, 4) is 0 Å². The zero-order chi connectivity index (χ0) is 19.0. The highest BCUT2D eigenvalue weighted by molar-refractivity contribution is 14.1. The van der Waals surface area contributed by atoms with E-state index in [2.05, 4.69) is 100 Å². The fourth-order valence-electron chi connectivity index (χ4n) is 3.00. The van der Waals surface area contributed by atoms with Crippen LogP contribution in [0.15, 0.2) is 24.3 Å². The van der Waals surface area contributed by atoms with Crippen LogP contribution in [0.3, 0.4) is 0 Å². The highest BCUT2D eigenvalue weighted by atomic mass is 127. The summed E-state index contributed by atoms with van der Waals surface area (Å²) in [4.78, 5) is 4.65. The van der Waals surface area contributed by atoms with Crippen molar-refractivity contribution in [1.29, 1.82) is 0 Å². The molecule has 0 radical (unpaired) electrons. The summed E-state index contributed by atoms with van der Waals surface area (Å²) in [5.74, 6) is 0. The third kappa shape index (κ3) is 4.63. The van der Waals surface area contributed by atoms with E-state index in [0.717, 1.165) is 37.4 Å². The Morgan fingerprint density at radius 2 is 1.19 bits per heavy atom. The number of hydrogen-bond donors (Lipinski definition) is 0. The zero-order valence-electron chi connectivity index (χ0n) is 13.6. The Bertz CT molecular complexity index is 725. The number of rotatable bonds is 4. The Kier molecular flexibility index (Phi) is 8.14. The van der Waals surface area contributed by atoms with Gasteiger partial charge in [0.25, 0.3) is 0 Å². The minimum absolute atomic E-state index is 0.161. The SMILES string of the molecule is CCOC1N(c2c(I)cc(Cl)cc2I)CCN1c1c(I)cc(Cl)cc1I. The predicted octanol–water partition coefficient (Wildman–Crippen LogP) is 7.06. The van der Waals surface area contributed by atoms with Gasteiger partial charge in [-0.25, -0.2) is 0 Å². The molecule has 1 aliphatic rings. The summed E-state index contributed by atoms with van der Waals surface area (Å²) in [5, 5.41) is 1.52. The van der Waals surface area contributed by atoms with Crippen LogP contribution in [0.4, 0.5) is 11.4 Å². The van der Waals surface area contributed by atoms with Crippen molar-refractivity contribution in [3.63, 3.8) is 0 Å². The lowest BCUT2D eigenvalue weighted by Gasteiger charge is -2.34. The first-order chi connectivity index (χ1) is 12.3. The van der Waals surface area contributed by atoms with Crippen molar-refractivity contribution in [2.75, 3.05) is 29.5 Å². The number of ether oxygens (including phenoxy) is 1. The maximum atomic E-state index is 6.22. The van der Waals surface area contributed by atoms with Crippen LogP contribution in [0, 0.1) is 14.3 Å². The Balaban J connectivity index is 2.05. The smallest absolute Gasteiger partial charge is 0.210 e. The highest BCUT2D eigenvalue weighted by Gasteiger charge is 2.36. The molecular formula is C17H14Cl2I4N2O. The van der Waals surface area contributed by atoms with E-state index < -0.39 is 0 Å². The van der Waals surface area contributed by atoms with E-state index in [-0.39, 0.29) is 6.35 Å². The molecular weight excluding hydrogens is 827 g/mol. The van der Waals surface area contributed by atoms with Gasteiger partial charge >= 0.3 is 0 Å². The molecule has 0 N–H and O–H groups in total. The van der Waals surface area contributed by atoms with Crippen molar-refractivity contribution >= 4 is 125 Å². The second kappa shape index (κ2) is 9.54. The summed E-state index contributed by atoms with van der Waals surface area (Å²) >= 11 is 21.9. The monoisotopic (exact) mass is 840 g/mol. The van der Waals surface area contributed by atoms with Crippen LogP contribution in [0.1, 0.15) is 6.92 Å². The van der Waals surface area contributed by atoms with Crippen LogP contribution in [0.2, 0.25) is 10.0 Å². The lowest BCUT2D eigenvalue weighted by Crippen LogP contribution is -2.42. The average Bonchev–Trinajstić information content (AvgIpc) is 2.89. The standard InChI is InChI=1S/C17H14Cl2I4N2O/c1-2-26-17-24(15-11(20)5-9(18)6-12(15)21)3-4-25(17)16-13(22)7-10(19)8-14(16)23/h5-8,17H,2-4H2,1H3. The predicted molar refractivity (Wildman–Crippen MR) is 144 cm³/mol. The van der Waals surface area contributed by atoms with Gasteiger partial charge in [-0.3, -0.25) is 0 Å². The van der Waals surface area contributed by atoms with Gasteiger partial charge in [0.05, 0.1) is 11.4 Å². The molecule has 1 heterocycles. The minimum Gasteiger partial charge on any atom is -0.341 e. The molecule has 0 unspecified atom stereocenters. The van der Waals surface area contributed by atoms with Crippen LogP contribution in [0.25, 0.3) is 0 Å². The molecule has 2 aromatic carbocycles. The number of anilines is 2. The van der Waals surface area contributed by atoms with Crippen molar-refractivity contribution in [2.24, 2.45) is 0 Å². The molecule has 1 aliphatic heterocycles. The third-order valence-electron chi connectivity index (χ3n) is 3.97. The summed E-state index contributed by atoms with van der Waals surface area (Å²) in [6, 6.07) is 8.00. The fraction of sp³-hybridized carbons (Fsp3) is 0.294. The van der Waals surface area contributed by atoms with E-state index in [1.807, 2.05) is 31.2 Å². The Labute approximate surface area is 218 Å². The second-order valence-corrected chi connectivity index (χ2v) is 11.1. The first-order valence-corrected chi connectivity index (χ1v) is 12.8. The van der Waals surface area contributed by atoms with Gasteiger partial charge in [0, 0.05) is 44.0 Å². The largest absolute Gasteiger partial charge is 0.341 e. The molecule has 0 spiro atoms. The van der Waals surface area contributed by atoms with Crippen molar-refractivity contribution in [2.45, 2.75) is 13.3 Å². The molecule has 140 valence electrons. The van der Waals surface area contributed by atoms with Crippen molar-refractivity contribution < 1.29 is 4.74 Å². The molecule has 0 bridgehead atoms. The maximum absolute atomic E-state index is 6.22. The molecule has 0 amide bonds. The molecule has 0 aliphatic carbocycles. The number of benzene rings is 2. The third-order valence-corrected chi connectivity index (χ3v) is 7.69. The van der Waals surface area contributed by atoms with E-state index in [4.69, 9.17) is 27.9 Å². The van der Waals surface area contributed by atoms with E-state index in [1.54, 1.807) is 0 Å². The second-order valence-electron chi connectivity index (χ2n) is 5.60. The zero-order valence-corrected chi connectivity index (χ0v) is 23.7. The van der Waals surface area contributed by atoms with Gasteiger partial charge in [-0.2, -0.15) is 0 Å². The van der Waals surface area contributed by atoms with Gasteiger partial charge in [-0.05, 0) is 122 Å². The topological polar surface area (TPSA) is 15.7 Å². The Morgan fingerprint density at radius 1 is 0.846 bits per heavy atom. The molecule has 26 heavy (non-hydrogen) atoms. The van der Waals surface area contributed by atoms with E-state index in [1.165, 1.54) is 11.4 Å². The van der Waals surface area contributed by atoms with Gasteiger partial charge < -0.3 is 14.5 Å². The molecule has 9 heteroatoms. The quantitative estimate of drug-likeness (QED) is 0.307. The van der Waals surface area contributed by atoms with Gasteiger partial charge in [0.2, 0.25) is 6.35 Å². The molecule has 3 rings (SSSR count). The minimum atomic E-state index is -0.161. The average molecular weight is 841 g/mol. The summed E-state index contributed by atoms with van der Waals surface area (Å²) < 4.78 is 10.7. The first kappa shape index (κ1) is 22.2. The van der Waals surface area contributed by atoms with Crippen LogP contribution in [-0.4, -0.2) is 26.0 Å². The fourth-order valence-corrected chi connectivity index (χ4v) is 8.94. The van der Waals surface area contributed by atoms with Gasteiger partial charge in [-0.1, -0.05) is 23.2 Å². The maximum Gasteiger partial charge on any atom is 0.210 e. The van der Waals surface area contributed by atoms with E-state index >= 15 is 0 Å². The van der Waals surface area contributed by atoms with Gasteiger partial charge in [-0.15, -0.1) is 0 Å². The van der Waals surface area contributed by atoms with Crippen LogP contribution < -0.4 is 9.80 Å². The number of nitrogens with zero attached hydrogens (tertiary/aromatic N) is 2. The lowest BCUT2D eigenvalue weighted by atomic mass is 10.3. The molecule has 1 fully saturated rings. The molecule has 0 aromatic heterocycles. The summed E-state index contributed by atoms with van der Waals surface area (Å²) in [6.45, 7) is 4.43. The van der Waals surface area contributed by atoms with Crippen molar-refractivity contribution in [3.05, 3.63) is 48.6 Å². The molecule has 0 atom stereocenters. The Hall–Kier alpha value is 1.50. The van der Waals surface area contributed by atoms with Crippen molar-refractivity contribution in [1.82, 2.24) is 0 Å². The molecule has 1 saturated heterocycles. The number of hydrogen-bond acceptors (Lipinski definition) is 3. The van der Waals surface area contributed by atoms with Crippen LogP contribution in [0.5, 0.6) is 0 Å². The normalized spacial score (nSPS) is 15.2. The molecule has 2 aromatic rings. The molecule has 0 saturated carbocycles. The molecule has 3 nitrogen and oxygen atoms in total. The number of halogens is 6. The lowest BCUT2D eigenvalue weighted by molar-refractivity contribution is 0.0726. The summed E-state index contributed by atoms with van der Waals surface area (Å²) in [5.41, 5.74) is 2.35. The van der Waals surface area contributed by atoms with Gasteiger partial charge in [0.15, 0.2) is 0 Å². The van der Waals surface area contributed by atoms with Crippen LogP contribution in [-0.2, 0) is 4.74 Å². The summed E-state index contributed by atoms with van der Waals surface area (Å²) in [6.07, 6.45) is -0.161. The first-order valence-electron chi connectivity index (χ1n) is 7.77. The van der Waals surface area contributed by atoms with E-state index in [9.17, 15) is 0 Å². The Morgan fingerprint density at radius 3 is 1.50 bits per heavy atom. The summed E-state index contributed by atoms with van der Waals surface area (Å²) in [7, 11) is 0. The van der Waals surface area contributed by atoms with Crippen LogP contribution >= 0.6 is 114 Å². The highest BCUT2D eigenvalue weighted by Crippen LogP contribution is 2.40.